The summed E-state index contributed by atoms with van der Waals surface area (Å²) >= 11 is 0. The number of carbonyl (C=O) groups is 1. The van der Waals surface area contributed by atoms with Gasteiger partial charge in [-0.1, -0.05) is 43.2 Å². The zero-order chi connectivity index (χ0) is 22.5. The van der Waals surface area contributed by atoms with Crippen LogP contribution >= 0.6 is 0 Å². The van der Waals surface area contributed by atoms with Crippen molar-refractivity contribution in [3.63, 3.8) is 0 Å². The van der Waals surface area contributed by atoms with Crippen LogP contribution in [0.1, 0.15) is 72.5 Å². The number of halogens is 3. The quantitative estimate of drug-likeness (QED) is 0.736. The van der Waals surface area contributed by atoms with Crippen LogP contribution in [0.2, 0.25) is 0 Å². The number of aliphatic hydroxyl groups is 1. The van der Waals surface area contributed by atoms with E-state index in [2.05, 4.69) is 4.98 Å². The Bertz CT molecular complexity index is 1000. The van der Waals surface area contributed by atoms with Crippen LogP contribution in [0.5, 0.6) is 0 Å². The van der Waals surface area contributed by atoms with Gasteiger partial charge in [-0.2, -0.15) is 13.2 Å². The molecule has 1 saturated carbocycles. The lowest BCUT2D eigenvalue weighted by atomic mass is 9.66. The van der Waals surface area contributed by atoms with Crippen LogP contribution in [0.4, 0.5) is 13.2 Å². The van der Waals surface area contributed by atoms with E-state index in [9.17, 15) is 23.1 Å². The molecule has 0 radical (unpaired) electrons. The number of benzene rings is 1. The Morgan fingerprint density at radius 1 is 1.06 bits per heavy atom. The largest absolute Gasteiger partial charge is 0.449 e. The molecule has 1 saturated heterocycles. The van der Waals surface area contributed by atoms with Gasteiger partial charge in [0, 0.05) is 25.0 Å². The van der Waals surface area contributed by atoms with E-state index in [-0.39, 0.29) is 24.2 Å². The molecule has 2 fully saturated rings. The smallest absolute Gasteiger partial charge is 0.385 e. The molecule has 1 aliphatic carbocycles. The molecule has 5 rings (SSSR count). The van der Waals surface area contributed by atoms with E-state index in [1.165, 1.54) is 4.57 Å². The van der Waals surface area contributed by atoms with Crippen LogP contribution in [0.15, 0.2) is 30.3 Å². The molecule has 3 atom stereocenters. The molecule has 1 aromatic heterocycles. The molecule has 3 aliphatic rings. The molecule has 3 unspecified atom stereocenters. The van der Waals surface area contributed by atoms with Crippen molar-refractivity contribution in [2.75, 3.05) is 6.54 Å². The number of hydrogen-bond acceptors (Lipinski definition) is 3. The molecule has 0 spiro atoms. The van der Waals surface area contributed by atoms with Gasteiger partial charge in [-0.3, -0.25) is 4.79 Å². The maximum Gasteiger partial charge on any atom is 0.449 e. The molecule has 172 valence electrons. The highest BCUT2D eigenvalue weighted by Crippen LogP contribution is 2.47. The minimum absolute atomic E-state index is 0.0495. The van der Waals surface area contributed by atoms with Crippen molar-refractivity contribution in [2.45, 2.75) is 75.7 Å². The Morgan fingerprint density at radius 3 is 2.56 bits per heavy atom. The second-order valence-electron chi connectivity index (χ2n) is 9.33. The van der Waals surface area contributed by atoms with Crippen molar-refractivity contribution in [1.82, 2.24) is 14.5 Å². The van der Waals surface area contributed by atoms with Gasteiger partial charge >= 0.3 is 6.18 Å². The molecule has 8 heteroatoms. The number of aromatic nitrogens is 2. The Labute approximate surface area is 185 Å². The lowest BCUT2D eigenvalue weighted by Crippen LogP contribution is -2.59. The van der Waals surface area contributed by atoms with Gasteiger partial charge in [-0.15, -0.1) is 0 Å². The van der Waals surface area contributed by atoms with E-state index < -0.39 is 23.5 Å². The highest BCUT2D eigenvalue weighted by atomic mass is 19.4. The van der Waals surface area contributed by atoms with Gasteiger partial charge < -0.3 is 14.6 Å². The van der Waals surface area contributed by atoms with E-state index in [1.54, 1.807) is 4.90 Å². The van der Waals surface area contributed by atoms with Gasteiger partial charge in [0.15, 0.2) is 0 Å². The Balaban J connectivity index is 1.50. The number of carbonyl (C=O) groups excluding carboxylic acids is 1. The number of amides is 1. The number of nitrogens with zero attached hydrogens (tertiary/aromatic N) is 3. The molecule has 2 aromatic rings. The number of alkyl halides is 3. The second-order valence-corrected chi connectivity index (χ2v) is 9.33. The van der Waals surface area contributed by atoms with Gasteiger partial charge in [0.05, 0.1) is 11.3 Å². The Morgan fingerprint density at radius 2 is 1.81 bits per heavy atom. The fourth-order valence-electron chi connectivity index (χ4n) is 6.09. The highest BCUT2D eigenvalue weighted by Gasteiger charge is 2.51. The van der Waals surface area contributed by atoms with Gasteiger partial charge in [0.1, 0.15) is 5.69 Å². The van der Waals surface area contributed by atoms with Gasteiger partial charge in [0.2, 0.25) is 5.82 Å². The van der Waals surface area contributed by atoms with Gasteiger partial charge in [-0.25, -0.2) is 4.98 Å². The van der Waals surface area contributed by atoms with Crippen molar-refractivity contribution in [3.8, 4) is 0 Å². The molecule has 5 nitrogen and oxygen atoms in total. The van der Waals surface area contributed by atoms with Crippen molar-refractivity contribution in [2.24, 2.45) is 5.92 Å². The first-order valence-electron chi connectivity index (χ1n) is 11.6. The molecule has 32 heavy (non-hydrogen) atoms. The fraction of sp³-hybridized carbons (Fsp3) is 0.583. The van der Waals surface area contributed by atoms with Crippen LogP contribution in [-0.2, 0) is 24.7 Å². The Kier molecular flexibility index (Phi) is 5.31. The zero-order valence-electron chi connectivity index (χ0n) is 17.9. The lowest BCUT2D eigenvalue weighted by Gasteiger charge is -2.52. The molecule has 1 amide bonds. The standard InChI is InChI=1S/C24H28F3N3O2/c25-24(26,27)22-28-20(19-12-6-7-14-30(19)22)21(31)29-15-13-23(32,16-8-2-1-3-9-16)17-10-4-5-11-18(17)29/h1-3,8-9,17-18,32H,4-7,10-15H2. The summed E-state index contributed by atoms with van der Waals surface area (Å²) in [7, 11) is 0. The number of fused-ring (bicyclic) bond motifs is 2. The topological polar surface area (TPSA) is 58.4 Å². The monoisotopic (exact) mass is 447 g/mol. The van der Waals surface area contributed by atoms with Gasteiger partial charge in [-0.05, 0) is 44.1 Å². The minimum atomic E-state index is -4.59. The molecule has 0 bridgehead atoms. The van der Waals surface area contributed by atoms with Crippen LogP contribution in [0.3, 0.4) is 0 Å². The van der Waals surface area contributed by atoms with E-state index >= 15 is 0 Å². The van der Waals surface area contributed by atoms with Crippen LogP contribution in [0.25, 0.3) is 0 Å². The summed E-state index contributed by atoms with van der Waals surface area (Å²) in [6.07, 6.45) is 1.05. The second kappa shape index (κ2) is 7.90. The third-order valence-electron chi connectivity index (χ3n) is 7.59. The average Bonchev–Trinajstić information content (AvgIpc) is 3.20. The van der Waals surface area contributed by atoms with E-state index in [0.717, 1.165) is 37.7 Å². The van der Waals surface area contributed by atoms with Crippen LogP contribution < -0.4 is 0 Å². The van der Waals surface area contributed by atoms with Gasteiger partial charge in [0.25, 0.3) is 5.91 Å². The summed E-state index contributed by atoms with van der Waals surface area (Å²) in [5, 5.41) is 11.7. The molecule has 1 aromatic carbocycles. The Hall–Kier alpha value is -2.35. The fourth-order valence-corrected chi connectivity index (χ4v) is 6.09. The number of hydrogen-bond donors (Lipinski definition) is 1. The van der Waals surface area contributed by atoms with E-state index in [4.69, 9.17) is 0 Å². The zero-order valence-corrected chi connectivity index (χ0v) is 17.9. The molecular weight excluding hydrogens is 419 g/mol. The molecule has 2 aliphatic heterocycles. The number of likely N-dealkylation sites (tertiary alicyclic amines) is 1. The van der Waals surface area contributed by atoms with Crippen molar-refractivity contribution >= 4 is 5.91 Å². The summed E-state index contributed by atoms with van der Waals surface area (Å²) in [5.41, 5.74) is 0.174. The first-order chi connectivity index (χ1) is 15.3. The normalized spacial score (nSPS) is 28.2. The van der Waals surface area contributed by atoms with Crippen molar-refractivity contribution < 1.29 is 23.1 Å². The summed E-state index contributed by atoms with van der Waals surface area (Å²) in [6.45, 7) is 0.545. The van der Waals surface area contributed by atoms with E-state index in [1.807, 2.05) is 30.3 Å². The molecular formula is C24H28F3N3O2. The van der Waals surface area contributed by atoms with Crippen LogP contribution in [0, 0.1) is 5.92 Å². The minimum Gasteiger partial charge on any atom is -0.385 e. The number of imidazole rings is 1. The SMILES string of the molecule is O=C(c1nc(C(F)(F)F)n2c1CCCC2)N1CCC(O)(c2ccccc2)C2CCCCC21. The number of rotatable bonds is 2. The van der Waals surface area contributed by atoms with Crippen LogP contribution in [-0.4, -0.2) is 38.1 Å². The third kappa shape index (κ3) is 3.43. The predicted octanol–water partition coefficient (Wildman–Crippen LogP) is 4.53. The van der Waals surface area contributed by atoms with Crippen molar-refractivity contribution in [3.05, 3.63) is 53.1 Å². The molecule has 1 N–H and O–H groups in total. The lowest BCUT2D eigenvalue weighted by molar-refractivity contribution is -0.147. The number of piperidine rings is 1. The first kappa shape index (κ1) is 21.5. The summed E-state index contributed by atoms with van der Waals surface area (Å²) in [6, 6.07) is 9.35. The first-order valence-corrected chi connectivity index (χ1v) is 11.6. The summed E-state index contributed by atoms with van der Waals surface area (Å²) in [5.74, 6) is -1.52. The summed E-state index contributed by atoms with van der Waals surface area (Å²) in [4.78, 5) is 19.2. The van der Waals surface area contributed by atoms with Crippen molar-refractivity contribution in [1.29, 1.82) is 0 Å². The van der Waals surface area contributed by atoms with E-state index in [0.29, 0.717) is 31.5 Å². The highest BCUT2D eigenvalue weighted by molar-refractivity contribution is 5.94. The molecule has 3 heterocycles. The maximum absolute atomic E-state index is 13.6. The predicted molar refractivity (Wildman–Crippen MR) is 112 cm³/mol. The third-order valence-corrected chi connectivity index (χ3v) is 7.59. The maximum atomic E-state index is 13.6. The average molecular weight is 448 g/mol. The summed E-state index contributed by atoms with van der Waals surface area (Å²) < 4.78 is 42.0.